The molecule has 0 atom stereocenters. The lowest BCUT2D eigenvalue weighted by Gasteiger charge is -2.08. The van der Waals surface area contributed by atoms with Gasteiger partial charge in [-0.05, 0) is 30.7 Å². The van der Waals surface area contributed by atoms with Crippen LogP contribution in [0.2, 0.25) is 0 Å². The average molecular weight is 231 g/mol. The number of rotatable bonds is 4. The molecular formula is C13H17N3O. The Morgan fingerprint density at radius 3 is 2.88 bits per heavy atom. The van der Waals surface area contributed by atoms with Crippen LogP contribution in [-0.4, -0.2) is 4.98 Å². The molecule has 0 saturated heterocycles. The first-order chi connectivity index (χ1) is 8.19. The largest absolute Gasteiger partial charge is 0.444 e. The molecule has 1 aromatic carbocycles. The topological polar surface area (TPSA) is 64.1 Å². The van der Waals surface area contributed by atoms with Crippen molar-refractivity contribution in [3.05, 3.63) is 41.6 Å². The van der Waals surface area contributed by atoms with Gasteiger partial charge in [0.05, 0.1) is 12.7 Å². The Hall–Kier alpha value is -1.97. The van der Waals surface area contributed by atoms with E-state index in [9.17, 15) is 0 Å². The van der Waals surface area contributed by atoms with Crippen LogP contribution in [0.4, 0.5) is 11.4 Å². The van der Waals surface area contributed by atoms with Gasteiger partial charge >= 0.3 is 0 Å². The molecule has 90 valence electrons. The standard InChI is InChI=1S/C13H17N3O/c1-3-11-7-16-13(17-11)8-15-12-5-4-10(14)6-9(12)2/h4-7,15H,3,8,14H2,1-2H3. The number of hydrogen-bond acceptors (Lipinski definition) is 4. The summed E-state index contributed by atoms with van der Waals surface area (Å²) >= 11 is 0. The number of nitrogens with two attached hydrogens (primary N) is 1. The third-order valence-electron chi connectivity index (χ3n) is 2.63. The van der Waals surface area contributed by atoms with E-state index in [0.29, 0.717) is 12.4 Å². The van der Waals surface area contributed by atoms with Gasteiger partial charge in [-0.3, -0.25) is 0 Å². The van der Waals surface area contributed by atoms with Crippen LogP contribution in [0.25, 0.3) is 0 Å². The monoisotopic (exact) mass is 231 g/mol. The number of aromatic nitrogens is 1. The number of anilines is 2. The van der Waals surface area contributed by atoms with E-state index in [2.05, 4.69) is 10.3 Å². The van der Waals surface area contributed by atoms with Crippen LogP contribution in [0.5, 0.6) is 0 Å². The highest BCUT2D eigenvalue weighted by atomic mass is 16.4. The summed E-state index contributed by atoms with van der Waals surface area (Å²) < 4.78 is 5.52. The molecule has 3 N–H and O–H groups in total. The van der Waals surface area contributed by atoms with Crippen molar-refractivity contribution in [2.45, 2.75) is 26.8 Å². The molecule has 17 heavy (non-hydrogen) atoms. The van der Waals surface area contributed by atoms with Crippen LogP contribution < -0.4 is 11.1 Å². The Labute approximate surface area is 101 Å². The van der Waals surface area contributed by atoms with Crippen LogP contribution in [0, 0.1) is 6.92 Å². The minimum Gasteiger partial charge on any atom is -0.444 e. The Morgan fingerprint density at radius 2 is 2.24 bits per heavy atom. The molecule has 0 aliphatic heterocycles. The number of benzene rings is 1. The van der Waals surface area contributed by atoms with Gasteiger partial charge in [0.25, 0.3) is 0 Å². The van der Waals surface area contributed by atoms with Crippen molar-refractivity contribution >= 4 is 11.4 Å². The van der Waals surface area contributed by atoms with E-state index in [1.54, 1.807) is 6.20 Å². The second-order valence-corrected chi connectivity index (χ2v) is 4.00. The van der Waals surface area contributed by atoms with E-state index in [0.717, 1.165) is 29.1 Å². The lowest BCUT2D eigenvalue weighted by atomic mass is 10.2. The summed E-state index contributed by atoms with van der Waals surface area (Å²) in [7, 11) is 0. The van der Waals surface area contributed by atoms with Crippen molar-refractivity contribution in [3.8, 4) is 0 Å². The third kappa shape index (κ3) is 2.78. The average Bonchev–Trinajstić information content (AvgIpc) is 2.76. The molecule has 0 aliphatic rings. The van der Waals surface area contributed by atoms with Crippen LogP contribution in [-0.2, 0) is 13.0 Å². The second-order valence-electron chi connectivity index (χ2n) is 4.00. The summed E-state index contributed by atoms with van der Waals surface area (Å²) in [6.45, 7) is 4.65. The molecule has 1 heterocycles. The third-order valence-corrected chi connectivity index (χ3v) is 2.63. The van der Waals surface area contributed by atoms with E-state index in [4.69, 9.17) is 10.2 Å². The highest BCUT2D eigenvalue weighted by molar-refractivity contribution is 5.57. The number of nitrogens with one attached hydrogen (secondary N) is 1. The molecule has 0 bridgehead atoms. The number of nitrogen functional groups attached to an aromatic ring is 1. The minimum absolute atomic E-state index is 0.588. The van der Waals surface area contributed by atoms with E-state index in [-0.39, 0.29) is 0 Å². The van der Waals surface area contributed by atoms with Gasteiger partial charge in [-0.2, -0.15) is 0 Å². The molecule has 0 fully saturated rings. The lowest BCUT2D eigenvalue weighted by molar-refractivity contribution is 0.466. The zero-order valence-corrected chi connectivity index (χ0v) is 10.2. The lowest BCUT2D eigenvalue weighted by Crippen LogP contribution is -2.01. The molecule has 0 aliphatic carbocycles. The first kappa shape index (κ1) is 11.5. The summed E-state index contributed by atoms with van der Waals surface area (Å²) in [6.07, 6.45) is 2.64. The van der Waals surface area contributed by atoms with Gasteiger partial charge in [-0.25, -0.2) is 4.98 Å². The number of nitrogens with zero attached hydrogens (tertiary/aromatic N) is 1. The summed E-state index contributed by atoms with van der Waals surface area (Å²) in [5.74, 6) is 1.62. The molecule has 0 radical (unpaired) electrons. The summed E-state index contributed by atoms with van der Waals surface area (Å²) in [6, 6.07) is 5.78. The van der Waals surface area contributed by atoms with Gasteiger partial charge < -0.3 is 15.5 Å². The van der Waals surface area contributed by atoms with Gasteiger partial charge in [-0.1, -0.05) is 6.92 Å². The molecule has 4 heteroatoms. The number of aryl methyl sites for hydroxylation is 2. The minimum atomic E-state index is 0.588. The molecule has 0 saturated carbocycles. The second kappa shape index (κ2) is 4.91. The van der Waals surface area contributed by atoms with Crippen LogP contribution in [0.1, 0.15) is 24.1 Å². The summed E-state index contributed by atoms with van der Waals surface area (Å²) in [4.78, 5) is 4.20. The van der Waals surface area contributed by atoms with E-state index >= 15 is 0 Å². The highest BCUT2D eigenvalue weighted by Gasteiger charge is 2.03. The predicted molar refractivity (Wildman–Crippen MR) is 68.8 cm³/mol. The molecule has 2 aromatic rings. The molecule has 0 unspecified atom stereocenters. The maximum Gasteiger partial charge on any atom is 0.213 e. The van der Waals surface area contributed by atoms with Crippen LogP contribution in [0.15, 0.2) is 28.8 Å². The molecule has 0 amide bonds. The van der Waals surface area contributed by atoms with Gasteiger partial charge in [0.15, 0.2) is 0 Å². The first-order valence-electron chi connectivity index (χ1n) is 5.72. The molecule has 4 nitrogen and oxygen atoms in total. The van der Waals surface area contributed by atoms with Crippen LogP contribution in [0.3, 0.4) is 0 Å². The SMILES string of the molecule is CCc1cnc(CNc2ccc(N)cc2C)o1. The fourth-order valence-corrected chi connectivity index (χ4v) is 1.65. The smallest absolute Gasteiger partial charge is 0.213 e. The van der Waals surface area contributed by atoms with E-state index in [1.807, 2.05) is 32.0 Å². The molecular weight excluding hydrogens is 214 g/mol. The highest BCUT2D eigenvalue weighted by Crippen LogP contribution is 2.18. The molecule has 1 aromatic heterocycles. The number of oxazole rings is 1. The van der Waals surface area contributed by atoms with Gasteiger partial charge in [0, 0.05) is 17.8 Å². The van der Waals surface area contributed by atoms with E-state index < -0.39 is 0 Å². The van der Waals surface area contributed by atoms with Gasteiger partial charge in [0.1, 0.15) is 5.76 Å². The van der Waals surface area contributed by atoms with Crippen molar-refractivity contribution in [2.75, 3.05) is 11.1 Å². The zero-order valence-electron chi connectivity index (χ0n) is 10.2. The van der Waals surface area contributed by atoms with Crippen molar-refractivity contribution < 1.29 is 4.42 Å². The fourth-order valence-electron chi connectivity index (χ4n) is 1.65. The van der Waals surface area contributed by atoms with Crippen molar-refractivity contribution in [1.82, 2.24) is 4.98 Å². The Bertz CT molecular complexity index is 505. The van der Waals surface area contributed by atoms with Crippen LogP contribution >= 0.6 is 0 Å². The summed E-state index contributed by atoms with van der Waals surface area (Å²) in [5.41, 5.74) is 8.64. The van der Waals surface area contributed by atoms with Gasteiger partial charge in [-0.15, -0.1) is 0 Å². The Balaban J connectivity index is 2.02. The maximum atomic E-state index is 5.70. The Morgan fingerprint density at radius 1 is 1.41 bits per heavy atom. The first-order valence-corrected chi connectivity index (χ1v) is 5.72. The number of hydrogen-bond donors (Lipinski definition) is 2. The van der Waals surface area contributed by atoms with Crippen molar-refractivity contribution in [1.29, 1.82) is 0 Å². The Kier molecular flexibility index (Phi) is 3.32. The van der Waals surface area contributed by atoms with Crippen molar-refractivity contribution in [3.63, 3.8) is 0 Å². The molecule has 2 rings (SSSR count). The quantitative estimate of drug-likeness (QED) is 0.794. The zero-order chi connectivity index (χ0) is 12.3. The van der Waals surface area contributed by atoms with Crippen molar-refractivity contribution in [2.24, 2.45) is 0 Å². The summed E-state index contributed by atoms with van der Waals surface area (Å²) in [5, 5.41) is 3.28. The molecule has 0 spiro atoms. The van der Waals surface area contributed by atoms with E-state index in [1.165, 1.54) is 0 Å². The fraction of sp³-hybridized carbons (Fsp3) is 0.308. The predicted octanol–water partition coefficient (Wildman–Crippen LogP) is 2.74. The van der Waals surface area contributed by atoms with Gasteiger partial charge in [0.2, 0.25) is 5.89 Å². The normalized spacial score (nSPS) is 10.5. The maximum absolute atomic E-state index is 5.70.